The first-order valence-corrected chi connectivity index (χ1v) is 7.54. The van der Waals surface area contributed by atoms with Crippen LogP contribution < -0.4 is 10.9 Å². The van der Waals surface area contributed by atoms with Gasteiger partial charge in [-0.1, -0.05) is 22.0 Å². The number of halogens is 2. The Labute approximate surface area is 139 Å². The number of hydrogen-bond acceptors (Lipinski definition) is 3. The number of hydrogen-bond donors (Lipinski definition) is 1. The molecule has 0 saturated carbocycles. The normalized spacial score (nSPS) is 10.7. The standard InChI is InChI=1S/C17H11BrFNO3/c1-9-2-4-13(19)14(6-9)20-16(21)12-8-10-7-11(18)3-5-15(10)23-17(12)22/h2-8H,1H3,(H,20,21). The monoisotopic (exact) mass is 375 g/mol. The van der Waals surface area contributed by atoms with Gasteiger partial charge in [0, 0.05) is 9.86 Å². The highest BCUT2D eigenvalue weighted by atomic mass is 79.9. The van der Waals surface area contributed by atoms with Gasteiger partial charge in [-0.25, -0.2) is 9.18 Å². The number of anilines is 1. The Morgan fingerprint density at radius 1 is 1.17 bits per heavy atom. The van der Waals surface area contributed by atoms with E-state index in [0.29, 0.717) is 11.0 Å². The first kappa shape index (κ1) is 15.4. The van der Waals surface area contributed by atoms with Crippen LogP contribution in [0.4, 0.5) is 10.1 Å². The van der Waals surface area contributed by atoms with Gasteiger partial charge in [0.1, 0.15) is 17.0 Å². The summed E-state index contributed by atoms with van der Waals surface area (Å²) < 4.78 is 19.6. The Balaban J connectivity index is 2.02. The largest absolute Gasteiger partial charge is 0.422 e. The van der Waals surface area contributed by atoms with Gasteiger partial charge in [-0.15, -0.1) is 0 Å². The van der Waals surface area contributed by atoms with Gasteiger partial charge in [-0.05, 0) is 48.9 Å². The van der Waals surface area contributed by atoms with Crippen molar-refractivity contribution in [2.45, 2.75) is 6.92 Å². The summed E-state index contributed by atoms with van der Waals surface area (Å²) in [5, 5.41) is 2.99. The van der Waals surface area contributed by atoms with E-state index in [9.17, 15) is 14.0 Å². The lowest BCUT2D eigenvalue weighted by atomic mass is 10.1. The second-order valence-electron chi connectivity index (χ2n) is 5.07. The summed E-state index contributed by atoms with van der Waals surface area (Å²) in [7, 11) is 0. The van der Waals surface area contributed by atoms with E-state index in [-0.39, 0.29) is 11.3 Å². The summed E-state index contributed by atoms with van der Waals surface area (Å²) in [4.78, 5) is 24.2. The highest BCUT2D eigenvalue weighted by molar-refractivity contribution is 9.10. The summed E-state index contributed by atoms with van der Waals surface area (Å²) in [6.45, 7) is 1.77. The molecule has 1 amide bonds. The summed E-state index contributed by atoms with van der Waals surface area (Å²) in [5.74, 6) is -1.29. The first-order chi connectivity index (χ1) is 10.9. The van der Waals surface area contributed by atoms with Crippen molar-refractivity contribution in [2.24, 2.45) is 0 Å². The highest BCUT2D eigenvalue weighted by Gasteiger charge is 2.15. The van der Waals surface area contributed by atoms with Crippen molar-refractivity contribution >= 4 is 38.5 Å². The number of amides is 1. The van der Waals surface area contributed by atoms with Crippen LogP contribution in [0.2, 0.25) is 0 Å². The number of nitrogens with one attached hydrogen (secondary N) is 1. The van der Waals surface area contributed by atoms with Crippen LogP contribution in [0, 0.1) is 12.7 Å². The Morgan fingerprint density at radius 3 is 2.74 bits per heavy atom. The Morgan fingerprint density at radius 2 is 1.96 bits per heavy atom. The molecule has 0 spiro atoms. The molecule has 0 aliphatic heterocycles. The molecule has 116 valence electrons. The van der Waals surface area contributed by atoms with E-state index in [2.05, 4.69) is 21.2 Å². The quantitative estimate of drug-likeness (QED) is 0.680. The Hall–Kier alpha value is -2.47. The average molecular weight is 376 g/mol. The predicted octanol–water partition coefficient (Wildman–Crippen LogP) is 4.26. The van der Waals surface area contributed by atoms with Crippen LogP contribution in [-0.4, -0.2) is 5.91 Å². The number of carbonyl (C=O) groups excluding carboxylic acids is 1. The number of fused-ring (bicyclic) bond motifs is 1. The molecule has 1 N–H and O–H groups in total. The predicted molar refractivity (Wildman–Crippen MR) is 89.3 cm³/mol. The van der Waals surface area contributed by atoms with Crippen molar-refractivity contribution in [3.05, 3.63) is 74.3 Å². The molecule has 1 aromatic heterocycles. The van der Waals surface area contributed by atoms with E-state index in [0.717, 1.165) is 10.0 Å². The summed E-state index contributed by atoms with van der Waals surface area (Å²) in [6.07, 6.45) is 0. The second kappa shape index (κ2) is 5.96. The van der Waals surface area contributed by atoms with Gasteiger partial charge in [0.15, 0.2) is 0 Å². The van der Waals surface area contributed by atoms with Gasteiger partial charge in [0.2, 0.25) is 0 Å². The van der Waals surface area contributed by atoms with Gasteiger partial charge < -0.3 is 9.73 Å². The van der Waals surface area contributed by atoms with E-state index in [1.165, 1.54) is 18.2 Å². The van der Waals surface area contributed by atoms with Crippen molar-refractivity contribution in [3.63, 3.8) is 0 Å². The van der Waals surface area contributed by atoms with Gasteiger partial charge in [-0.3, -0.25) is 4.79 Å². The fraction of sp³-hybridized carbons (Fsp3) is 0.0588. The van der Waals surface area contributed by atoms with Crippen LogP contribution in [0.1, 0.15) is 15.9 Å². The van der Waals surface area contributed by atoms with Crippen LogP contribution in [0.15, 0.2) is 56.1 Å². The number of benzene rings is 2. The maximum Gasteiger partial charge on any atom is 0.349 e. The molecule has 2 aromatic carbocycles. The second-order valence-corrected chi connectivity index (χ2v) is 5.98. The fourth-order valence-corrected chi connectivity index (χ4v) is 2.56. The van der Waals surface area contributed by atoms with Crippen LogP contribution in [-0.2, 0) is 0 Å². The maximum atomic E-state index is 13.7. The van der Waals surface area contributed by atoms with Gasteiger partial charge in [0.05, 0.1) is 5.69 Å². The molecule has 0 unspecified atom stereocenters. The minimum atomic E-state index is -0.773. The van der Waals surface area contributed by atoms with Crippen LogP contribution >= 0.6 is 15.9 Å². The molecule has 3 rings (SSSR count). The number of aryl methyl sites for hydroxylation is 1. The molecule has 3 aromatic rings. The van der Waals surface area contributed by atoms with Crippen molar-refractivity contribution < 1.29 is 13.6 Å². The zero-order chi connectivity index (χ0) is 16.6. The molecule has 4 nitrogen and oxygen atoms in total. The van der Waals surface area contributed by atoms with E-state index in [4.69, 9.17) is 4.42 Å². The summed E-state index contributed by atoms with van der Waals surface area (Å²) in [6, 6.07) is 10.8. The van der Waals surface area contributed by atoms with E-state index < -0.39 is 17.3 Å². The van der Waals surface area contributed by atoms with Gasteiger partial charge >= 0.3 is 5.63 Å². The topological polar surface area (TPSA) is 59.3 Å². The molecule has 0 radical (unpaired) electrons. The Bertz CT molecular complexity index is 981. The fourth-order valence-electron chi connectivity index (χ4n) is 2.18. The molecule has 1 heterocycles. The minimum Gasteiger partial charge on any atom is -0.422 e. The number of carbonyl (C=O) groups is 1. The smallest absolute Gasteiger partial charge is 0.349 e. The molecular weight excluding hydrogens is 365 g/mol. The summed E-state index contributed by atoms with van der Waals surface area (Å²) >= 11 is 3.31. The third-order valence-electron chi connectivity index (χ3n) is 3.31. The molecule has 0 saturated heterocycles. The van der Waals surface area contributed by atoms with E-state index >= 15 is 0 Å². The molecule has 0 aliphatic carbocycles. The molecule has 6 heteroatoms. The van der Waals surface area contributed by atoms with Gasteiger partial charge in [-0.2, -0.15) is 0 Å². The molecule has 23 heavy (non-hydrogen) atoms. The lowest BCUT2D eigenvalue weighted by Crippen LogP contribution is -2.21. The molecule has 0 fully saturated rings. The zero-order valence-electron chi connectivity index (χ0n) is 12.0. The van der Waals surface area contributed by atoms with Crippen LogP contribution in [0.25, 0.3) is 11.0 Å². The third-order valence-corrected chi connectivity index (χ3v) is 3.80. The van der Waals surface area contributed by atoms with Crippen molar-refractivity contribution in [1.29, 1.82) is 0 Å². The van der Waals surface area contributed by atoms with Crippen molar-refractivity contribution in [3.8, 4) is 0 Å². The number of rotatable bonds is 2. The maximum absolute atomic E-state index is 13.7. The molecule has 0 bridgehead atoms. The van der Waals surface area contributed by atoms with E-state index in [1.807, 2.05) is 0 Å². The van der Waals surface area contributed by atoms with Gasteiger partial charge in [0.25, 0.3) is 5.91 Å². The first-order valence-electron chi connectivity index (χ1n) is 6.75. The van der Waals surface area contributed by atoms with Crippen LogP contribution in [0.3, 0.4) is 0 Å². The lowest BCUT2D eigenvalue weighted by Gasteiger charge is -2.07. The Kier molecular flexibility index (Phi) is 4.00. The van der Waals surface area contributed by atoms with E-state index in [1.54, 1.807) is 31.2 Å². The molecule has 0 aliphatic rings. The van der Waals surface area contributed by atoms with Crippen molar-refractivity contribution in [2.75, 3.05) is 5.32 Å². The minimum absolute atomic E-state index is 0.0174. The zero-order valence-corrected chi connectivity index (χ0v) is 13.6. The lowest BCUT2D eigenvalue weighted by molar-refractivity contribution is 0.102. The highest BCUT2D eigenvalue weighted by Crippen LogP contribution is 2.20. The average Bonchev–Trinajstić information content (AvgIpc) is 2.50. The molecular formula is C17H11BrFNO3. The van der Waals surface area contributed by atoms with Crippen molar-refractivity contribution in [1.82, 2.24) is 0 Å². The van der Waals surface area contributed by atoms with Crippen LogP contribution in [0.5, 0.6) is 0 Å². The third kappa shape index (κ3) is 3.17. The SMILES string of the molecule is Cc1ccc(F)c(NC(=O)c2cc3cc(Br)ccc3oc2=O)c1. The summed E-state index contributed by atoms with van der Waals surface area (Å²) in [5.41, 5.74) is 0.221. The molecule has 0 atom stereocenters.